The van der Waals surface area contributed by atoms with Crippen molar-refractivity contribution in [3.8, 4) is 0 Å². The van der Waals surface area contributed by atoms with Crippen molar-refractivity contribution in [1.82, 2.24) is 5.32 Å². The van der Waals surface area contributed by atoms with Crippen molar-refractivity contribution in [2.45, 2.75) is 13.0 Å². The van der Waals surface area contributed by atoms with E-state index in [0.29, 0.717) is 0 Å². The zero-order valence-electron chi connectivity index (χ0n) is 8.70. The average molecular weight is 204 g/mol. The highest BCUT2D eigenvalue weighted by atomic mass is 16.3. The first-order chi connectivity index (χ1) is 7.40. The van der Waals surface area contributed by atoms with E-state index in [9.17, 15) is 0 Å². The Bertz CT molecular complexity index is 389. The maximum absolute atomic E-state index is 5.65. The third kappa shape index (κ3) is 2.58. The van der Waals surface area contributed by atoms with Crippen LogP contribution in [0.25, 0.3) is 11.0 Å². The fourth-order valence-corrected chi connectivity index (χ4v) is 1.56. The third-order valence-electron chi connectivity index (χ3n) is 2.33. The minimum Gasteiger partial charge on any atom is -0.460 e. The number of fused-ring (bicyclic) bond motifs is 1. The van der Waals surface area contributed by atoms with E-state index in [-0.39, 0.29) is 0 Å². The van der Waals surface area contributed by atoms with Gasteiger partial charge >= 0.3 is 0 Å². The van der Waals surface area contributed by atoms with Gasteiger partial charge in [-0.3, -0.25) is 0 Å². The predicted octanol–water partition coefficient (Wildman–Crippen LogP) is 1.87. The van der Waals surface area contributed by atoms with Crippen LogP contribution in [-0.4, -0.2) is 13.1 Å². The summed E-state index contributed by atoms with van der Waals surface area (Å²) in [4.78, 5) is 0. The molecule has 0 bridgehead atoms. The van der Waals surface area contributed by atoms with E-state index in [1.165, 1.54) is 0 Å². The molecule has 0 amide bonds. The lowest BCUT2D eigenvalue weighted by atomic mass is 10.2. The third-order valence-corrected chi connectivity index (χ3v) is 2.33. The molecule has 0 fully saturated rings. The van der Waals surface area contributed by atoms with E-state index in [1.807, 2.05) is 18.2 Å². The quantitative estimate of drug-likeness (QED) is 0.731. The summed E-state index contributed by atoms with van der Waals surface area (Å²) in [7, 11) is 0. The average Bonchev–Trinajstić information content (AvgIpc) is 2.67. The molecule has 0 aliphatic rings. The molecule has 15 heavy (non-hydrogen) atoms. The first-order valence-corrected chi connectivity index (χ1v) is 5.28. The van der Waals surface area contributed by atoms with E-state index >= 15 is 0 Å². The lowest BCUT2D eigenvalue weighted by Crippen LogP contribution is -2.17. The van der Waals surface area contributed by atoms with Crippen molar-refractivity contribution in [2.75, 3.05) is 13.1 Å². The minimum absolute atomic E-state index is 0.729. The molecule has 3 nitrogen and oxygen atoms in total. The molecule has 80 valence electrons. The van der Waals surface area contributed by atoms with Crippen molar-refractivity contribution in [3.05, 3.63) is 36.1 Å². The van der Waals surface area contributed by atoms with Gasteiger partial charge in [0.2, 0.25) is 0 Å². The molecule has 2 aromatic rings. The molecule has 0 aliphatic heterocycles. The Morgan fingerprint density at radius 3 is 2.93 bits per heavy atom. The largest absolute Gasteiger partial charge is 0.460 e. The lowest BCUT2D eigenvalue weighted by molar-refractivity contribution is 0.511. The molecule has 1 aromatic carbocycles. The van der Waals surface area contributed by atoms with Gasteiger partial charge < -0.3 is 15.5 Å². The highest BCUT2D eigenvalue weighted by Gasteiger charge is 2.01. The zero-order chi connectivity index (χ0) is 10.5. The Hall–Kier alpha value is -1.32. The zero-order valence-corrected chi connectivity index (χ0v) is 8.70. The van der Waals surface area contributed by atoms with Crippen molar-refractivity contribution in [2.24, 2.45) is 5.73 Å². The number of nitrogens with one attached hydrogen (secondary N) is 1. The summed E-state index contributed by atoms with van der Waals surface area (Å²) < 4.78 is 5.65. The molecule has 2 rings (SSSR count). The molecule has 0 saturated carbocycles. The number of benzene rings is 1. The highest BCUT2D eigenvalue weighted by Crippen LogP contribution is 2.18. The number of furan rings is 1. The van der Waals surface area contributed by atoms with Gasteiger partial charge in [-0.25, -0.2) is 0 Å². The Morgan fingerprint density at radius 2 is 2.13 bits per heavy atom. The van der Waals surface area contributed by atoms with Crippen LogP contribution in [0.15, 0.2) is 34.7 Å². The smallest absolute Gasteiger partial charge is 0.134 e. The molecular weight excluding hydrogens is 188 g/mol. The summed E-state index contributed by atoms with van der Waals surface area (Å²) in [6, 6.07) is 10.1. The van der Waals surface area contributed by atoms with Gasteiger partial charge in [0.1, 0.15) is 11.3 Å². The van der Waals surface area contributed by atoms with Crippen LogP contribution in [0.1, 0.15) is 12.2 Å². The van der Waals surface area contributed by atoms with E-state index < -0.39 is 0 Å². The van der Waals surface area contributed by atoms with Crippen LogP contribution in [0.3, 0.4) is 0 Å². The van der Waals surface area contributed by atoms with Crippen molar-refractivity contribution < 1.29 is 4.42 Å². The molecule has 1 aromatic heterocycles. The van der Waals surface area contributed by atoms with Crippen LogP contribution < -0.4 is 11.1 Å². The summed E-state index contributed by atoms with van der Waals surface area (Å²) >= 11 is 0. The lowest BCUT2D eigenvalue weighted by Gasteiger charge is -1.99. The van der Waals surface area contributed by atoms with E-state index in [2.05, 4.69) is 17.4 Å². The topological polar surface area (TPSA) is 51.2 Å². The minimum atomic E-state index is 0.729. The molecular formula is C12H16N2O. The molecule has 0 radical (unpaired) electrons. The summed E-state index contributed by atoms with van der Waals surface area (Å²) in [5.41, 5.74) is 6.36. The monoisotopic (exact) mass is 204 g/mol. The first kappa shape index (κ1) is 10.2. The number of hydrogen-bond donors (Lipinski definition) is 2. The fourth-order valence-electron chi connectivity index (χ4n) is 1.56. The summed E-state index contributed by atoms with van der Waals surface area (Å²) in [5.74, 6) is 0.980. The number of para-hydroxylation sites is 1. The van der Waals surface area contributed by atoms with E-state index in [0.717, 1.165) is 42.8 Å². The summed E-state index contributed by atoms with van der Waals surface area (Å²) in [6.45, 7) is 2.44. The predicted molar refractivity (Wildman–Crippen MR) is 61.6 cm³/mol. The van der Waals surface area contributed by atoms with Crippen molar-refractivity contribution >= 4 is 11.0 Å². The van der Waals surface area contributed by atoms with Gasteiger partial charge in [0.05, 0.1) is 6.54 Å². The molecule has 3 N–H and O–H groups in total. The van der Waals surface area contributed by atoms with Crippen LogP contribution in [0.5, 0.6) is 0 Å². The fraction of sp³-hybridized carbons (Fsp3) is 0.333. The Morgan fingerprint density at radius 1 is 1.27 bits per heavy atom. The molecule has 0 unspecified atom stereocenters. The van der Waals surface area contributed by atoms with Gasteiger partial charge in [-0.2, -0.15) is 0 Å². The van der Waals surface area contributed by atoms with Gasteiger partial charge in [0.25, 0.3) is 0 Å². The second kappa shape index (κ2) is 4.96. The van der Waals surface area contributed by atoms with Crippen LogP contribution in [-0.2, 0) is 6.54 Å². The molecule has 1 heterocycles. The maximum Gasteiger partial charge on any atom is 0.134 e. The van der Waals surface area contributed by atoms with Gasteiger partial charge in [0.15, 0.2) is 0 Å². The van der Waals surface area contributed by atoms with E-state index in [4.69, 9.17) is 10.2 Å². The Balaban J connectivity index is 1.97. The summed E-state index contributed by atoms with van der Waals surface area (Å²) in [6.07, 6.45) is 1.00. The van der Waals surface area contributed by atoms with Gasteiger partial charge in [0, 0.05) is 5.39 Å². The SMILES string of the molecule is NCCCNCc1cc2ccccc2o1. The Labute approximate surface area is 89.3 Å². The van der Waals surface area contributed by atoms with Crippen molar-refractivity contribution in [1.29, 1.82) is 0 Å². The van der Waals surface area contributed by atoms with Crippen molar-refractivity contribution in [3.63, 3.8) is 0 Å². The molecule has 3 heteroatoms. The van der Waals surface area contributed by atoms with Gasteiger partial charge in [-0.15, -0.1) is 0 Å². The second-order valence-electron chi connectivity index (χ2n) is 3.57. The number of rotatable bonds is 5. The van der Waals surface area contributed by atoms with Crippen LogP contribution in [0.2, 0.25) is 0 Å². The van der Waals surface area contributed by atoms with E-state index in [1.54, 1.807) is 0 Å². The number of nitrogens with two attached hydrogens (primary N) is 1. The van der Waals surface area contributed by atoms with Crippen LogP contribution in [0.4, 0.5) is 0 Å². The maximum atomic E-state index is 5.65. The summed E-state index contributed by atoms with van der Waals surface area (Å²) in [5, 5.41) is 4.45. The second-order valence-corrected chi connectivity index (χ2v) is 3.57. The standard InChI is InChI=1S/C12H16N2O/c13-6-3-7-14-9-11-8-10-4-1-2-5-12(10)15-11/h1-2,4-5,8,14H,3,6-7,9,13H2. The molecule has 0 spiro atoms. The van der Waals surface area contributed by atoms with Gasteiger partial charge in [-0.1, -0.05) is 18.2 Å². The number of hydrogen-bond acceptors (Lipinski definition) is 3. The van der Waals surface area contributed by atoms with Gasteiger partial charge in [-0.05, 0) is 31.6 Å². The highest BCUT2D eigenvalue weighted by molar-refractivity contribution is 5.77. The Kier molecular flexibility index (Phi) is 3.37. The molecule has 0 saturated heterocycles. The normalized spacial score (nSPS) is 11.0. The molecule has 0 aliphatic carbocycles. The van der Waals surface area contributed by atoms with Crippen LogP contribution in [0, 0.1) is 0 Å². The molecule has 0 atom stereocenters. The first-order valence-electron chi connectivity index (χ1n) is 5.28. The van der Waals surface area contributed by atoms with Crippen LogP contribution >= 0.6 is 0 Å².